The van der Waals surface area contributed by atoms with Gasteiger partial charge in [0.2, 0.25) is 5.91 Å². The molecule has 1 atom stereocenters. The Morgan fingerprint density at radius 3 is 2.18 bits per heavy atom. The van der Waals surface area contributed by atoms with Crippen LogP contribution in [0.1, 0.15) is 62.5 Å². The molecule has 2 aromatic carbocycles. The number of carboxylic acids is 1. The molecule has 2 amide bonds. The molecule has 0 bridgehead atoms. The van der Waals surface area contributed by atoms with Crippen molar-refractivity contribution in [2.45, 2.75) is 63.5 Å². The number of carbonyl (C=O) groups is 3. The summed E-state index contributed by atoms with van der Waals surface area (Å²) in [7, 11) is 0. The van der Waals surface area contributed by atoms with Gasteiger partial charge in [0.1, 0.15) is 19.2 Å². The molecule has 1 fully saturated rings. The van der Waals surface area contributed by atoms with Crippen LogP contribution in [0.5, 0.6) is 0 Å². The number of alkyl carbamates (subject to hydrolysis) is 1. The number of ether oxygens (including phenoxy) is 1. The van der Waals surface area contributed by atoms with Crippen LogP contribution in [0.15, 0.2) is 48.5 Å². The number of aliphatic carboxylic acids is 1. The van der Waals surface area contributed by atoms with E-state index in [0.717, 1.165) is 47.9 Å². The summed E-state index contributed by atoms with van der Waals surface area (Å²) in [4.78, 5) is 38.9. The Morgan fingerprint density at radius 2 is 1.62 bits per heavy atom. The van der Waals surface area contributed by atoms with E-state index in [2.05, 4.69) is 29.6 Å². The number of carboxylic acid groups (broad SMARTS) is 1. The van der Waals surface area contributed by atoms with Gasteiger partial charge in [-0.15, -0.1) is 0 Å². The largest absolute Gasteiger partial charge is 0.480 e. The first-order chi connectivity index (χ1) is 16.5. The van der Waals surface area contributed by atoms with Crippen molar-refractivity contribution >= 4 is 18.0 Å². The first-order valence-electron chi connectivity index (χ1n) is 12.1. The third-order valence-electron chi connectivity index (χ3n) is 6.87. The van der Waals surface area contributed by atoms with E-state index in [9.17, 15) is 19.5 Å². The van der Waals surface area contributed by atoms with Crippen molar-refractivity contribution in [1.29, 1.82) is 0 Å². The predicted octanol–water partition coefficient (Wildman–Crippen LogP) is 4.55. The number of nitrogens with zero attached hydrogens (tertiary/aromatic N) is 1. The van der Waals surface area contributed by atoms with Crippen LogP contribution in [-0.4, -0.2) is 53.2 Å². The highest BCUT2D eigenvalue weighted by molar-refractivity contribution is 5.88. The van der Waals surface area contributed by atoms with Crippen LogP contribution in [-0.2, 0) is 14.3 Å². The molecule has 2 aliphatic carbocycles. The van der Waals surface area contributed by atoms with E-state index in [1.54, 1.807) is 0 Å². The molecule has 4 rings (SSSR count). The minimum Gasteiger partial charge on any atom is -0.480 e. The van der Waals surface area contributed by atoms with Crippen molar-refractivity contribution in [2.75, 3.05) is 13.2 Å². The zero-order valence-electron chi connectivity index (χ0n) is 19.5. The number of amides is 2. The Kier molecular flexibility index (Phi) is 7.50. The number of carbonyl (C=O) groups excluding carboxylic acids is 2. The minimum atomic E-state index is -1.04. The summed E-state index contributed by atoms with van der Waals surface area (Å²) in [6, 6.07) is 15.3. The molecule has 0 spiro atoms. The van der Waals surface area contributed by atoms with Gasteiger partial charge in [-0.1, -0.05) is 74.7 Å². The van der Waals surface area contributed by atoms with Crippen LogP contribution >= 0.6 is 0 Å². The van der Waals surface area contributed by atoms with E-state index in [4.69, 9.17) is 4.74 Å². The van der Waals surface area contributed by atoms with E-state index < -0.39 is 18.1 Å². The normalized spacial score (nSPS) is 15.9. The number of hydrogen-bond donors (Lipinski definition) is 2. The summed E-state index contributed by atoms with van der Waals surface area (Å²) in [6.45, 7) is 1.74. The molecule has 34 heavy (non-hydrogen) atoms. The Hall–Kier alpha value is -3.35. The summed E-state index contributed by atoms with van der Waals surface area (Å²) in [5.41, 5.74) is 4.53. The number of rotatable bonds is 9. The zero-order valence-corrected chi connectivity index (χ0v) is 19.5. The van der Waals surface area contributed by atoms with E-state index in [1.165, 1.54) is 4.90 Å². The Balaban J connectivity index is 1.43. The van der Waals surface area contributed by atoms with Crippen molar-refractivity contribution in [3.63, 3.8) is 0 Å². The van der Waals surface area contributed by atoms with Crippen molar-refractivity contribution in [3.8, 4) is 11.1 Å². The van der Waals surface area contributed by atoms with E-state index in [-0.39, 0.29) is 31.0 Å². The van der Waals surface area contributed by atoms with Crippen LogP contribution < -0.4 is 5.32 Å². The lowest BCUT2D eigenvalue weighted by atomic mass is 9.98. The standard InChI is InChI=1S/C27H32N2O5/c1-2-9-24(26(32)29(16-25(30)31)18-10-3-4-11-18)28-27(33)34-17-23-21-14-7-5-12-19(21)20-13-6-8-15-22(20)23/h5-8,12-15,18,23-24H,2-4,9-11,16-17H2,1H3,(H,28,33)(H,30,31). The third kappa shape index (κ3) is 5.08. The van der Waals surface area contributed by atoms with Gasteiger partial charge in [0.05, 0.1) is 0 Å². The van der Waals surface area contributed by atoms with Gasteiger partial charge in [-0.25, -0.2) is 4.79 Å². The van der Waals surface area contributed by atoms with Gasteiger partial charge >= 0.3 is 12.1 Å². The van der Waals surface area contributed by atoms with Gasteiger partial charge in [0.25, 0.3) is 0 Å². The van der Waals surface area contributed by atoms with Crippen molar-refractivity contribution in [2.24, 2.45) is 0 Å². The van der Waals surface area contributed by atoms with Crippen LogP contribution in [0.25, 0.3) is 11.1 Å². The van der Waals surface area contributed by atoms with E-state index in [1.807, 2.05) is 31.2 Å². The van der Waals surface area contributed by atoms with Gasteiger partial charge in [0.15, 0.2) is 0 Å². The van der Waals surface area contributed by atoms with Crippen LogP contribution in [0.4, 0.5) is 4.79 Å². The molecular formula is C27H32N2O5. The Morgan fingerprint density at radius 1 is 1.03 bits per heavy atom. The Bertz CT molecular complexity index is 1000. The lowest BCUT2D eigenvalue weighted by Crippen LogP contribution is -2.53. The maximum atomic E-state index is 13.3. The van der Waals surface area contributed by atoms with Gasteiger partial charge in [-0.2, -0.15) is 0 Å². The van der Waals surface area contributed by atoms with Crippen LogP contribution in [0.3, 0.4) is 0 Å². The molecule has 0 aliphatic heterocycles. The monoisotopic (exact) mass is 464 g/mol. The molecule has 0 radical (unpaired) electrons. The second-order valence-electron chi connectivity index (χ2n) is 9.11. The average molecular weight is 465 g/mol. The highest BCUT2D eigenvalue weighted by atomic mass is 16.5. The van der Waals surface area contributed by atoms with Gasteiger partial charge in [-0.3, -0.25) is 9.59 Å². The molecule has 0 saturated heterocycles. The summed E-state index contributed by atoms with van der Waals surface area (Å²) in [6.07, 6.45) is 3.98. The molecule has 1 saturated carbocycles. The first kappa shape index (κ1) is 23.8. The SMILES string of the molecule is CCCC(NC(=O)OCC1c2ccccc2-c2ccccc21)C(=O)N(CC(=O)O)C1CCCC1. The Labute approximate surface area is 200 Å². The molecule has 2 aliphatic rings. The molecule has 0 aromatic heterocycles. The molecule has 180 valence electrons. The highest BCUT2D eigenvalue weighted by Gasteiger charge is 2.34. The minimum absolute atomic E-state index is 0.0690. The van der Waals surface area contributed by atoms with Gasteiger partial charge in [-0.05, 0) is 41.5 Å². The average Bonchev–Trinajstić information content (AvgIpc) is 3.47. The molecule has 1 unspecified atom stereocenters. The third-order valence-corrected chi connectivity index (χ3v) is 6.87. The number of nitrogens with one attached hydrogen (secondary N) is 1. The van der Waals surface area contributed by atoms with Crippen LogP contribution in [0, 0.1) is 0 Å². The quantitative estimate of drug-likeness (QED) is 0.568. The topological polar surface area (TPSA) is 95.9 Å². The number of fused-ring (bicyclic) bond motifs is 3. The van der Waals surface area contributed by atoms with Crippen LogP contribution in [0.2, 0.25) is 0 Å². The fourth-order valence-electron chi connectivity index (χ4n) is 5.28. The van der Waals surface area contributed by atoms with E-state index in [0.29, 0.717) is 12.8 Å². The van der Waals surface area contributed by atoms with Crippen molar-refractivity contribution in [1.82, 2.24) is 10.2 Å². The van der Waals surface area contributed by atoms with Gasteiger partial charge in [0, 0.05) is 12.0 Å². The highest BCUT2D eigenvalue weighted by Crippen LogP contribution is 2.44. The lowest BCUT2D eigenvalue weighted by molar-refractivity contribution is -0.147. The van der Waals surface area contributed by atoms with Gasteiger partial charge < -0.3 is 20.1 Å². The summed E-state index contributed by atoms with van der Waals surface area (Å²) < 4.78 is 5.62. The summed E-state index contributed by atoms with van der Waals surface area (Å²) >= 11 is 0. The second-order valence-corrected chi connectivity index (χ2v) is 9.11. The molecule has 7 nitrogen and oxygen atoms in total. The maximum Gasteiger partial charge on any atom is 0.407 e. The van der Waals surface area contributed by atoms with E-state index >= 15 is 0 Å². The first-order valence-corrected chi connectivity index (χ1v) is 12.1. The molecular weight excluding hydrogens is 432 g/mol. The summed E-state index contributed by atoms with van der Waals surface area (Å²) in [5, 5.41) is 12.1. The second kappa shape index (κ2) is 10.7. The molecule has 0 heterocycles. The molecule has 2 aromatic rings. The predicted molar refractivity (Wildman–Crippen MR) is 129 cm³/mol. The fraction of sp³-hybridized carbons (Fsp3) is 0.444. The van der Waals surface area contributed by atoms with Crippen molar-refractivity contribution in [3.05, 3.63) is 59.7 Å². The maximum absolute atomic E-state index is 13.3. The lowest BCUT2D eigenvalue weighted by Gasteiger charge is -2.31. The van der Waals surface area contributed by atoms with Crippen molar-refractivity contribution < 1.29 is 24.2 Å². The fourth-order valence-corrected chi connectivity index (χ4v) is 5.28. The number of hydrogen-bond acceptors (Lipinski definition) is 4. The smallest absolute Gasteiger partial charge is 0.407 e. The molecule has 2 N–H and O–H groups in total. The zero-order chi connectivity index (χ0) is 24.1. The number of benzene rings is 2. The molecule has 7 heteroatoms. The summed E-state index contributed by atoms with van der Waals surface area (Å²) in [5.74, 6) is -1.46.